The van der Waals surface area contributed by atoms with Crippen molar-refractivity contribution in [3.8, 4) is 0 Å². The van der Waals surface area contributed by atoms with E-state index in [0.717, 1.165) is 31.5 Å². The van der Waals surface area contributed by atoms with Crippen molar-refractivity contribution in [2.75, 3.05) is 19.6 Å². The Morgan fingerprint density at radius 1 is 1.30 bits per heavy atom. The number of carboxylic acid groups (broad SMARTS) is 1. The summed E-state index contributed by atoms with van der Waals surface area (Å²) in [6.07, 6.45) is 2.46. The van der Waals surface area contributed by atoms with Crippen LogP contribution in [0, 0.1) is 6.92 Å². The largest absolute Gasteiger partial charge is 0.481 e. The van der Waals surface area contributed by atoms with Crippen molar-refractivity contribution in [1.82, 2.24) is 9.62 Å². The van der Waals surface area contributed by atoms with E-state index in [1.807, 2.05) is 6.92 Å². The van der Waals surface area contributed by atoms with E-state index < -0.39 is 16.0 Å². The highest BCUT2D eigenvalue weighted by Crippen LogP contribution is 2.15. The summed E-state index contributed by atoms with van der Waals surface area (Å²) in [5.41, 5.74) is 1.03. The number of hydrogen-bond donors (Lipinski definition) is 2. The predicted octanol–water partition coefficient (Wildman–Crippen LogP) is 1.60. The second-order valence-corrected chi connectivity index (χ2v) is 7.79. The lowest BCUT2D eigenvalue weighted by Crippen LogP contribution is -2.37. The Morgan fingerprint density at radius 2 is 2.00 bits per heavy atom. The Labute approximate surface area is 137 Å². The average Bonchev–Trinajstić information content (AvgIpc) is 2.90. The predicted molar refractivity (Wildman–Crippen MR) is 87.8 cm³/mol. The monoisotopic (exact) mass is 340 g/mol. The van der Waals surface area contributed by atoms with Crippen molar-refractivity contribution in [3.63, 3.8) is 0 Å². The highest BCUT2D eigenvalue weighted by molar-refractivity contribution is 7.89. The van der Waals surface area contributed by atoms with Gasteiger partial charge in [-0.15, -0.1) is 0 Å². The molecule has 0 aromatic heterocycles. The molecule has 0 radical (unpaired) electrons. The molecule has 2 rings (SSSR count). The Morgan fingerprint density at radius 3 is 2.65 bits per heavy atom. The molecule has 1 aliphatic heterocycles. The molecule has 0 saturated carbocycles. The quantitative estimate of drug-likeness (QED) is 0.702. The normalized spacial score (nSPS) is 19.1. The van der Waals surface area contributed by atoms with Gasteiger partial charge in [0.2, 0.25) is 10.0 Å². The van der Waals surface area contributed by atoms with Gasteiger partial charge in [-0.2, -0.15) is 0 Å². The second kappa shape index (κ2) is 7.90. The number of unbranched alkanes of at least 4 members (excludes halogenated alkanes) is 1. The zero-order chi connectivity index (χ0) is 16.9. The standard InChI is InChI=1S/C16H24N2O4S/c1-13-5-7-15(8-6-13)23(21,22)17-14-9-11-18(12-14)10-3-2-4-16(19)20/h5-8,14,17H,2-4,9-12H2,1H3,(H,19,20). The van der Waals surface area contributed by atoms with E-state index in [2.05, 4.69) is 9.62 Å². The minimum absolute atomic E-state index is 0.0826. The van der Waals surface area contributed by atoms with Crippen LogP contribution < -0.4 is 4.72 Å². The first-order valence-corrected chi connectivity index (χ1v) is 9.38. The van der Waals surface area contributed by atoms with Crippen LogP contribution in [0.15, 0.2) is 29.2 Å². The van der Waals surface area contributed by atoms with Gasteiger partial charge in [-0.05, 0) is 51.4 Å². The molecule has 0 amide bonds. The van der Waals surface area contributed by atoms with Gasteiger partial charge in [0.1, 0.15) is 0 Å². The van der Waals surface area contributed by atoms with Crippen LogP contribution in [0.1, 0.15) is 31.2 Å². The first-order valence-electron chi connectivity index (χ1n) is 7.90. The summed E-state index contributed by atoms with van der Waals surface area (Å²) in [4.78, 5) is 12.9. The number of likely N-dealkylation sites (tertiary alicyclic amines) is 1. The molecular formula is C16H24N2O4S. The second-order valence-electron chi connectivity index (χ2n) is 6.07. The summed E-state index contributed by atoms with van der Waals surface area (Å²) in [5, 5.41) is 8.61. The molecule has 1 fully saturated rings. The molecule has 7 heteroatoms. The van der Waals surface area contributed by atoms with Crippen LogP contribution >= 0.6 is 0 Å². The van der Waals surface area contributed by atoms with Crippen molar-refractivity contribution < 1.29 is 18.3 Å². The molecule has 1 unspecified atom stereocenters. The van der Waals surface area contributed by atoms with Crippen molar-refractivity contribution in [2.45, 2.75) is 43.5 Å². The lowest BCUT2D eigenvalue weighted by Gasteiger charge is -2.16. The molecule has 128 valence electrons. The van der Waals surface area contributed by atoms with Crippen LogP contribution in [0.3, 0.4) is 0 Å². The van der Waals surface area contributed by atoms with Crippen LogP contribution in [0.4, 0.5) is 0 Å². The molecule has 1 aliphatic rings. The lowest BCUT2D eigenvalue weighted by atomic mass is 10.2. The number of hydrogen-bond acceptors (Lipinski definition) is 4. The van der Waals surface area contributed by atoms with E-state index in [0.29, 0.717) is 17.9 Å². The molecule has 1 aromatic carbocycles. The maximum absolute atomic E-state index is 12.3. The third-order valence-corrected chi connectivity index (χ3v) is 5.58. The molecule has 1 saturated heterocycles. The fraction of sp³-hybridized carbons (Fsp3) is 0.562. The van der Waals surface area contributed by atoms with E-state index >= 15 is 0 Å². The van der Waals surface area contributed by atoms with E-state index in [1.165, 1.54) is 0 Å². The van der Waals surface area contributed by atoms with Crippen LogP contribution in [-0.2, 0) is 14.8 Å². The fourth-order valence-electron chi connectivity index (χ4n) is 2.75. The number of carbonyl (C=O) groups is 1. The number of rotatable bonds is 8. The van der Waals surface area contributed by atoms with Gasteiger partial charge in [0, 0.05) is 19.0 Å². The van der Waals surface area contributed by atoms with E-state index in [1.54, 1.807) is 24.3 Å². The number of aryl methyl sites for hydroxylation is 1. The molecule has 0 bridgehead atoms. The Kier molecular flexibility index (Phi) is 6.15. The van der Waals surface area contributed by atoms with Gasteiger partial charge in [0.25, 0.3) is 0 Å². The van der Waals surface area contributed by atoms with Gasteiger partial charge < -0.3 is 10.0 Å². The highest BCUT2D eigenvalue weighted by atomic mass is 32.2. The summed E-state index contributed by atoms with van der Waals surface area (Å²) in [5.74, 6) is -0.768. The molecule has 2 N–H and O–H groups in total. The number of carboxylic acids is 1. The molecule has 6 nitrogen and oxygen atoms in total. The molecule has 23 heavy (non-hydrogen) atoms. The summed E-state index contributed by atoms with van der Waals surface area (Å²) < 4.78 is 27.5. The van der Waals surface area contributed by atoms with Gasteiger partial charge in [-0.3, -0.25) is 4.79 Å². The summed E-state index contributed by atoms with van der Waals surface area (Å²) >= 11 is 0. The number of aliphatic carboxylic acids is 1. The van der Waals surface area contributed by atoms with Crippen LogP contribution in [0.5, 0.6) is 0 Å². The SMILES string of the molecule is Cc1ccc(S(=O)(=O)NC2CCN(CCCCC(=O)O)C2)cc1. The van der Waals surface area contributed by atoms with Gasteiger partial charge in [-0.1, -0.05) is 17.7 Å². The zero-order valence-electron chi connectivity index (χ0n) is 13.4. The smallest absolute Gasteiger partial charge is 0.303 e. The van der Waals surface area contributed by atoms with Crippen molar-refractivity contribution >= 4 is 16.0 Å². The topological polar surface area (TPSA) is 86.7 Å². The Bertz CT molecular complexity index is 628. The first kappa shape index (κ1) is 17.9. The summed E-state index contributed by atoms with van der Waals surface area (Å²) in [7, 11) is -3.47. The third-order valence-electron chi connectivity index (χ3n) is 4.04. The van der Waals surface area contributed by atoms with E-state index in [9.17, 15) is 13.2 Å². The van der Waals surface area contributed by atoms with Crippen LogP contribution in [0.2, 0.25) is 0 Å². The average molecular weight is 340 g/mol. The van der Waals surface area contributed by atoms with Crippen molar-refractivity contribution in [3.05, 3.63) is 29.8 Å². The van der Waals surface area contributed by atoms with E-state index in [4.69, 9.17) is 5.11 Å². The van der Waals surface area contributed by atoms with Crippen molar-refractivity contribution in [1.29, 1.82) is 0 Å². The zero-order valence-corrected chi connectivity index (χ0v) is 14.2. The molecule has 1 heterocycles. The number of nitrogens with zero attached hydrogens (tertiary/aromatic N) is 1. The molecule has 1 atom stereocenters. The minimum atomic E-state index is -3.47. The number of sulfonamides is 1. The van der Waals surface area contributed by atoms with Gasteiger partial charge >= 0.3 is 5.97 Å². The van der Waals surface area contributed by atoms with Gasteiger partial charge in [0.15, 0.2) is 0 Å². The Hall–Kier alpha value is -1.44. The summed E-state index contributed by atoms with van der Waals surface area (Å²) in [6, 6.07) is 6.74. The number of benzene rings is 1. The van der Waals surface area contributed by atoms with Crippen LogP contribution in [-0.4, -0.2) is 50.1 Å². The fourth-order valence-corrected chi connectivity index (χ4v) is 4.01. The lowest BCUT2D eigenvalue weighted by molar-refractivity contribution is -0.137. The molecule has 1 aromatic rings. The van der Waals surface area contributed by atoms with Gasteiger partial charge in [-0.25, -0.2) is 13.1 Å². The maximum Gasteiger partial charge on any atom is 0.303 e. The number of nitrogens with one attached hydrogen (secondary N) is 1. The maximum atomic E-state index is 12.3. The minimum Gasteiger partial charge on any atom is -0.481 e. The van der Waals surface area contributed by atoms with Crippen molar-refractivity contribution in [2.24, 2.45) is 0 Å². The molecular weight excluding hydrogens is 316 g/mol. The van der Waals surface area contributed by atoms with Gasteiger partial charge in [0.05, 0.1) is 4.90 Å². The third kappa shape index (κ3) is 5.60. The molecule has 0 aliphatic carbocycles. The molecule has 0 spiro atoms. The highest BCUT2D eigenvalue weighted by Gasteiger charge is 2.26. The van der Waals surface area contributed by atoms with E-state index in [-0.39, 0.29) is 12.5 Å². The first-order chi connectivity index (χ1) is 10.9. The summed E-state index contributed by atoms with van der Waals surface area (Å²) in [6.45, 7) is 4.26. The van der Waals surface area contributed by atoms with Crippen LogP contribution in [0.25, 0.3) is 0 Å². The Balaban J connectivity index is 1.80.